The van der Waals surface area contributed by atoms with Crippen LogP contribution >= 0.6 is 11.3 Å². The molecule has 0 aromatic carbocycles. The quantitative estimate of drug-likeness (QED) is 0.787. The third-order valence-electron chi connectivity index (χ3n) is 1.66. The standard InChI is InChI=1S/C8H10N2OS/c9-4-1-2-7-10-6-3-5-12-8(6)11-7/h3,5H,1-2,4,9H2. The van der Waals surface area contributed by atoms with E-state index in [1.54, 1.807) is 11.3 Å². The summed E-state index contributed by atoms with van der Waals surface area (Å²) in [7, 11) is 0. The number of rotatable bonds is 3. The molecular formula is C8H10N2OS. The second-order valence-electron chi connectivity index (χ2n) is 2.59. The minimum atomic E-state index is 0.691. The molecule has 0 aliphatic heterocycles. The molecule has 2 aromatic heterocycles. The summed E-state index contributed by atoms with van der Waals surface area (Å²) in [6, 6.07) is 1.97. The molecule has 0 aliphatic rings. The van der Waals surface area contributed by atoms with Gasteiger partial charge in [-0.25, -0.2) is 4.98 Å². The molecule has 2 heterocycles. The van der Waals surface area contributed by atoms with E-state index in [1.165, 1.54) is 0 Å². The van der Waals surface area contributed by atoms with Crippen molar-refractivity contribution in [1.82, 2.24) is 4.98 Å². The molecule has 0 spiro atoms. The van der Waals surface area contributed by atoms with E-state index < -0.39 is 0 Å². The molecule has 2 N–H and O–H groups in total. The molecule has 0 saturated carbocycles. The summed E-state index contributed by atoms with van der Waals surface area (Å²) in [5.41, 5.74) is 6.34. The van der Waals surface area contributed by atoms with Crippen molar-refractivity contribution >= 4 is 21.8 Å². The molecule has 0 amide bonds. The maximum absolute atomic E-state index is 5.46. The first-order chi connectivity index (χ1) is 5.90. The van der Waals surface area contributed by atoms with Gasteiger partial charge in [0.15, 0.2) is 5.89 Å². The van der Waals surface area contributed by atoms with Gasteiger partial charge in [0.2, 0.25) is 4.90 Å². The molecule has 0 unspecified atom stereocenters. The fourth-order valence-electron chi connectivity index (χ4n) is 1.07. The van der Waals surface area contributed by atoms with Crippen molar-refractivity contribution in [3.63, 3.8) is 0 Å². The van der Waals surface area contributed by atoms with E-state index in [4.69, 9.17) is 10.2 Å². The highest BCUT2D eigenvalue weighted by Crippen LogP contribution is 2.21. The van der Waals surface area contributed by atoms with E-state index in [-0.39, 0.29) is 0 Å². The monoisotopic (exact) mass is 182 g/mol. The molecule has 2 rings (SSSR count). The van der Waals surface area contributed by atoms with Crippen LogP contribution in [0.4, 0.5) is 0 Å². The summed E-state index contributed by atoms with van der Waals surface area (Å²) in [5.74, 6) is 0.808. The number of thiophene rings is 1. The van der Waals surface area contributed by atoms with Crippen LogP contribution in [0.3, 0.4) is 0 Å². The van der Waals surface area contributed by atoms with Gasteiger partial charge < -0.3 is 10.2 Å². The van der Waals surface area contributed by atoms with E-state index in [2.05, 4.69) is 4.98 Å². The SMILES string of the molecule is NCCCc1nc2ccsc2o1. The van der Waals surface area contributed by atoms with Gasteiger partial charge in [-0.15, -0.1) is 11.3 Å². The van der Waals surface area contributed by atoms with Crippen LogP contribution in [0.25, 0.3) is 10.4 Å². The summed E-state index contributed by atoms with van der Waals surface area (Å²) < 4.78 is 5.46. The van der Waals surface area contributed by atoms with E-state index >= 15 is 0 Å². The number of nitrogens with two attached hydrogens (primary N) is 1. The average Bonchev–Trinajstić information content (AvgIpc) is 2.58. The lowest BCUT2D eigenvalue weighted by molar-refractivity contribution is 0.526. The Kier molecular flexibility index (Phi) is 2.10. The van der Waals surface area contributed by atoms with Gasteiger partial charge in [0, 0.05) is 6.42 Å². The van der Waals surface area contributed by atoms with E-state index in [0.717, 1.165) is 29.1 Å². The van der Waals surface area contributed by atoms with E-state index in [0.29, 0.717) is 6.54 Å². The van der Waals surface area contributed by atoms with Crippen molar-refractivity contribution in [2.75, 3.05) is 6.54 Å². The molecule has 0 saturated heterocycles. The lowest BCUT2D eigenvalue weighted by Crippen LogP contribution is -2.00. The molecule has 12 heavy (non-hydrogen) atoms. The summed E-state index contributed by atoms with van der Waals surface area (Å²) in [4.78, 5) is 5.22. The zero-order valence-corrected chi connectivity index (χ0v) is 7.43. The lowest BCUT2D eigenvalue weighted by Gasteiger charge is -1.89. The maximum Gasteiger partial charge on any atom is 0.208 e. The summed E-state index contributed by atoms with van der Waals surface area (Å²) in [6.45, 7) is 0.691. The van der Waals surface area contributed by atoms with Crippen molar-refractivity contribution in [3.8, 4) is 0 Å². The number of aryl methyl sites for hydroxylation is 1. The maximum atomic E-state index is 5.46. The number of hydrogen-bond acceptors (Lipinski definition) is 4. The largest absolute Gasteiger partial charge is 0.430 e. The first-order valence-electron chi connectivity index (χ1n) is 3.93. The van der Waals surface area contributed by atoms with Crippen molar-refractivity contribution < 1.29 is 4.42 Å². The van der Waals surface area contributed by atoms with Crippen LogP contribution in [0, 0.1) is 0 Å². The Balaban J connectivity index is 2.21. The normalized spacial score (nSPS) is 11.1. The van der Waals surface area contributed by atoms with Crippen LogP contribution in [0.5, 0.6) is 0 Å². The molecule has 0 aliphatic carbocycles. The highest BCUT2D eigenvalue weighted by atomic mass is 32.1. The Morgan fingerprint density at radius 2 is 2.50 bits per heavy atom. The van der Waals surface area contributed by atoms with Gasteiger partial charge in [-0.2, -0.15) is 0 Å². The van der Waals surface area contributed by atoms with Crippen LogP contribution < -0.4 is 5.73 Å². The molecule has 64 valence electrons. The Morgan fingerprint density at radius 3 is 3.25 bits per heavy atom. The van der Waals surface area contributed by atoms with Crippen LogP contribution in [0.15, 0.2) is 15.9 Å². The fourth-order valence-corrected chi connectivity index (χ4v) is 1.77. The van der Waals surface area contributed by atoms with Crippen LogP contribution in [-0.2, 0) is 6.42 Å². The Hall–Kier alpha value is -0.870. The summed E-state index contributed by atoms with van der Waals surface area (Å²) in [6.07, 6.45) is 1.78. The number of hydrogen-bond donors (Lipinski definition) is 1. The van der Waals surface area contributed by atoms with Gasteiger partial charge in [-0.05, 0) is 24.4 Å². The average molecular weight is 182 g/mol. The molecule has 0 radical (unpaired) electrons. The highest BCUT2D eigenvalue weighted by molar-refractivity contribution is 7.16. The predicted molar refractivity (Wildman–Crippen MR) is 49.3 cm³/mol. The molecule has 3 nitrogen and oxygen atoms in total. The van der Waals surface area contributed by atoms with Crippen LogP contribution in [0.2, 0.25) is 0 Å². The molecule has 0 fully saturated rings. The Bertz CT molecular complexity index is 337. The number of aromatic nitrogens is 1. The first kappa shape index (κ1) is 7.76. The topological polar surface area (TPSA) is 52.0 Å². The molecular weight excluding hydrogens is 172 g/mol. The third-order valence-corrected chi connectivity index (χ3v) is 2.44. The zero-order valence-electron chi connectivity index (χ0n) is 6.62. The van der Waals surface area contributed by atoms with Crippen LogP contribution in [-0.4, -0.2) is 11.5 Å². The minimum Gasteiger partial charge on any atom is -0.430 e. The Labute approximate surface area is 74.2 Å². The van der Waals surface area contributed by atoms with Crippen molar-refractivity contribution in [1.29, 1.82) is 0 Å². The van der Waals surface area contributed by atoms with Crippen molar-refractivity contribution in [3.05, 3.63) is 17.3 Å². The molecule has 0 atom stereocenters. The fraction of sp³-hybridized carbons (Fsp3) is 0.375. The molecule has 0 bridgehead atoms. The zero-order chi connectivity index (χ0) is 8.39. The number of oxazole rings is 1. The lowest BCUT2D eigenvalue weighted by atomic mass is 10.3. The molecule has 4 heteroatoms. The Morgan fingerprint density at radius 1 is 1.58 bits per heavy atom. The van der Waals surface area contributed by atoms with Gasteiger partial charge in [-0.3, -0.25) is 0 Å². The van der Waals surface area contributed by atoms with Gasteiger partial charge in [0.05, 0.1) is 0 Å². The van der Waals surface area contributed by atoms with E-state index in [1.807, 2.05) is 11.4 Å². The number of fused-ring (bicyclic) bond motifs is 1. The first-order valence-corrected chi connectivity index (χ1v) is 4.81. The van der Waals surface area contributed by atoms with Gasteiger partial charge in [-0.1, -0.05) is 0 Å². The van der Waals surface area contributed by atoms with Crippen molar-refractivity contribution in [2.24, 2.45) is 5.73 Å². The smallest absolute Gasteiger partial charge is 0.208 e. The third kappa shape index (κ3) is 1.35. The van der Waals surface area contributed by atoms with E-state index in [9.17, 15) is 0 Å². The summed E-state index contributed by atoms with van der Waals surface area (Å²) >= 11 is 1.58. The predicted octanol–water partition coefficient (Wildman–Crippen LogP) is 1.78. The second kappa shape index (κ2) is 3.25. The number of nitrogens with zero attached hydrogens (tertiary/aromatic N) is 1. The second-order valence-corrected chi connectivity index (χ2v) is 3.47. The minimum absolute atomic E-state index is 0.691. The van der Waals surface area contributed by atoms with Crippen molar-refractivity contribution in [2.45, 2.75) is 12.8 Å². The summed E-state index contributed by atoms with van der Waals surface area (Å²) in [5, 5.41) is 1.98. The van der Waals surface area contributed by atoms with Crippen LogP contribution in [0.1, 0.15) is 12.3 Å². The molecule has 2 aromatic rings. The highest BCUT2D eigenvalue weighted by Gasteiger charge is 2.04. The van der Waals surface area contributed by atoms with Gasteiger partial charge >= 0.3 is 0 Å². The van der Waals surface area contributed by atoms with Gasteiger partial charge in [0.1, 0.15) is 5.52 Å². The van der Waals surface area contributed by atoms with Gasteiger partial charge in [0.25, 0.3) is 0 Å².